The van der Waals surface area contributed by atoms with Crippen molar-refractivity contribution < 1.29 is 0 Å². The molecule has 2 heterocycles. The number of hydrogen-bond donors (Lipinski definition) is 0. The summed E-state index contributed by atoms with van der Waals surface area (Å²) in [4.78, 5) is 4.66. The number of fused-ring (bicyclic) bond motifs is 4. The van der Waals surface area contributed by atoms with Crippen molar-refractivity contribution >= 4 is 33.9 Å². The molecule has 3 aromatic rings. The molecule has 0 aromatic heterocycles. The average Bonchev–Trinajstić information content (AvgIpc) is 3.18. The molecule has 0 spiro atoms. The molecule has 2 aliphatic heterocycles. The summed E-state index contributed by atoms with van der Waals surface area (Å²) in [6.07, 6.45) is 19.4. The summed E-state index contributed by atoms with van der Waals surface area (Å²) < 4.78 is 0. The van der Waals surface area contributed by atoms with Crippen LogP contribution in [-0.2, 0) is 0 Å². The molecular formula is C46H52N6. The Kier molecular flexibility index (Phi) is 14.1. The standard InChI is InChI=1S/C46H52N6/c1-3-5-7-9-11-13-15-21-27-51-41-25-19-17-23-37(41)45(35(31-47)32-48)39-30-44-40(29-43(39)51)46(36(33-49)34-50)38-24-18-20-26-42(38)52(44)28-22-16-14-12-10-8-6-4-2/h17-20,23-26,29-30H,3-16,21-22,27-28H2,1-2H3. The third-order valence-electron chi connectivity index (χ3n) is 10.6. The van der Waals surface area contributed by atoms with E-state index in [-0.39, 0.29) is 11.1 Å². The molecular weight excluding hydrogens is 637 g/mol. The Labute approximate surface area is 311 Å². The van der Waals surface area contributed by atoms with Crippen molar-refractivity contribution in [1.29, 1.82) is 21.0 Å². The fraction of sp³-hybridized carbons (Fsp3) is 0.435. The van der Waals surface area contributed by atoms with Gasteiger partial charge in [0.25, 0.3) is 0 Å². The minimum absolute atomic E-state index is 0.0803. The second-order valence-corrected chi connectivity index (χ2v) is 14.1. The van der Waals surface area contributed by atoms with Gasteiger partial charge in [-0.05, 0) is 37.1 Å². The van der Waals surface area contributed by atoms with E-state index in [1.165, 1.54) is 77.0 Å². The highest BCUT2D eigenvalue weighted by molar-refractivity contribution is 6.07. The Morgan fingerprint density at radius 3 is 1.10 bits per heavy atom. The molecule has 0 radical (unpaired) electrons. The zero-order valence-electron chi connectivity index (χ0n) is 31.2. The first kappa shape index (κ1) is 37.9. The Balaban J connectivity index is 1.61. The minimum atomic E-state index is 0.0803. The first-order chi connectivity index (χ1) is 25.6. The number of para-hydroxylation sites is 2. The van der Waals surface area contributed by atoms with Gasteiger partial charge in [-0.1, -0.05) is 140 Å². The SMILES string of the molecule is CCCCCCCCCCN1c2ccccc2C(=C(C#N)C#N)c2cc3c(cc21)C(=C(C#N)C#N)c1ccccc1N3CCCCCCCCCC. The number of nitriles is 4. The highest BCUT2D eigenvalue weighted by atomic mass is 15.2. The van der Waals surface area contributed by atoms with Crippen LogP contribution in [0.1, 0.15) is 139 Å². The van der Waals surface area contributed by atoms with Crippen molar-refractivity contribution in [3.05, 3.63) is 94.1 Å². The molecule has 0 bridgehead atoms. The Morgan fingerprint density at radius 1 is 0.423 bits per heavy atom. The van der Waals surface area contributed by atoms with Gasteiger partial charge in [0.05, 0.1) is 0 Å². The van der Waals surface area contributed by atoms with E-state index in [0.717, 1.165) is 83.8 Å². The van der Waals surface area contributed by atoms with Crippen molar-refractivity contribution in [3.63, 3.8) is 0 Å². The van der Waals surface area contributed by atoms with Crippen LogP contribution >= 0.6 is 0 Å². The van der Waals surface area contributed by atoms with Gasteiger partial charge in [-0.15, -0.1) is 0 Å². The maximum Gasteiger partial charge on any atom is 0.138 e. The van der Waals surface area contributed by atoms with E-state index in [1.807, 2.05) is 36.4 Å². The van der Waals surface area contributed by atoms with E-state index in [1.54, 1.807) is 0 Å². The van der Waals surface area contributed by atoms with Gasteiger partial charge in [0.1, 0.15) is 35.4 Å². The molecule has 0 aliphatic carbocycles. The van der Waals surface area contributed by atoms with Crippen LogP contribution in [0.25, 0.3) is 11.1 Å². The summed E-state index contributed by atoms with van der Waals surface area (Å²) in [5.41, 5.74) is 8.61. The third-order valence-corrected chi connectivity index (χ3v) is 10.6. The van der Waals surface area contributed by atoms with Crippen molar-refractivity contribution in [2.75, 3.05) is 22.9 Å². The first-order valence-electron chi connectivity index (χ1n) is 19.6. The molecule has 3 aromatic carbocycles. The molecule has 0 saturated carbocycles. The molecule has 266 valence electrons. The van der Waals surface area contributed by atoms with E-state index in [0.29, 0.717) is 11.1 Å². The summed E-state index contributed by atoms with van der Waals surface area (Å²) in [6.45, 7) is 6.05. The van der Waals surface area contributed by atoms with Crippen LogP contribution in [-0.4, -0.2) is 13.1 Å². The maximum atomic E-state index is 10.3. The second-order valence-electron chi connectivity index (χ2n) is 14.1. The largest absolute Gasteiger partial charge is 0.340 e. The molecule has 52 heavy (non-hydrogen) atoms. The highest BCUT2D eigenvalue weighted by Gasteiger charge is 2.35. The molecule has 6 nitrogen and oxygen atoms in total. The molecule has 6 heteroatoms. The Bertz CT molecular complexity index is 1770. The number of allylic oxidation sites excluding steroid dienone is 2. The van der Waals surface area contributed by atoms with Gasteiger partial charge in [-0.2, -0.15) is 21.0 Å². The van der Waals surface area contributed by atoms with Crippen LogP contribution in [0.2, 0.25) is 0 Å². The van der Waals surface area contributed by atoms with Gasteiger partial charge >= 0.3 is 0 Å². The average molecular weight is 689 g/mol. The number of rotatable bonds is 18. The van der Waals surface area contributed by atoms with Crippen molar-refractivity contribution in [3.8, 4) is 24.3 Å². The second kappa shape index (κ2) is 19.3. The maximum absolute atomic E-state index is 10.3. The lowest BCUT2D eigenvalue weighted by molar-refractivity contribution is 0.576. The number of anilines is 4. The summed E-state index contributed by atoms with van der Waals surface area (Å²) in [5, 5.41) is 41.1. The summed E-state index contributed by atoms with van der Waals surface area (Å²) in [7, 11) is 0. The van der Waals surface area contributed by atoms with Gasteiger partial charge in [-0.3, -0.25) is 0 Å². The number of nitrogens with zero attached hydrogens (tertiary/aromatic N) is 6. The predicted molar refractivity (Wildman–Crippen MR) is 213 cm³/mol. The molecule has 0 saturated heterocycles. The van der Waals surface area contributed by atoms with Crippen LogP contribution in [0.15, 0.2) is 71.8 Å². The van der Waals surface area contributed by atoms with Crippen molar-refractivity contribution in [2.24, 2.45) is 0 Å². The van der Waals surface area contributed by atoms with E-state index in [2.05, 4.69) is 72.2 Å². The molecule has 0 N–H and O–H groups in total. The van der Waals surface area contributed by atoms with Crippen molar-refractivity contribution in [1.82, 2.24) is 0 Å². The first-order valence-corrected chi connectivity index (χ1v) is 19.6. The van der Waals surface area contributed by atoms with Crippen molar-refractivity contribution in [2.45, 2.75) is 117 Å². The normalized spacial score (nSPS) is 12.4. The molecule has 5 rings (SSSR count). The number of unbranched alkanes of at least 4 members (excludes halogenated alkanes) is 14. The van der Waals surface area contributed by atoms with Gasteiger partial charge in [-0.25, -0.2) is 0 Å². The summed E-state index contributed by atoms with van der Waals surface area (Å²) in [6, 6.07) is 29.2. The minimum Gasteiger partial charge on any atom is -0.340 e. The summed E-state index contributed by atoms with van der Waals surface area (Å²) in [5.74, 6) is 0. The van der Waals surface area contributed by atoms with Crippen LogP contribution in [0, 0.1) is 45.3 Å². The lowest BCUT2D eigenvalue weighted by atomic mass is 9.81. The Morgan fingerprint density at radius 2 is 0.750 bits per heavy atom. The van der Waals surface area contributed by atoms with Gasteiger partial charge in [0.2, 0.25) is 0 Å². The predicted octanol–water partition coefficient (Wildman–Crippen LogP) is 12.6. The third kappa shape index (κ3) is 8.42. The summed E-state index contributed by atoms with van der Waals surface area (Å²) >= 11 is 0. The Hall–Kier alpha value is -5.30. The molecule has 0 unspecified atom stereocenters. The van der Waals surface area contributed by atoms with E-state index in [9.17, 15) is 21.0 Å². The molecule has 2 aliphatic rings. The van der Waals surface area contributed by atoms with Crippen LogP contribution in [0.5, 0.6) is 0 Å². The fourth-order valence-corrected chi connectivity index (χ4v) is 7.92. The number of benzene rings is 3. The highest BCUT2D eigenvalue weighted by Crippen LogP contribution is 2.53. The lowest BCUT2D eigenvalue weighted by Gasteiger charge is -2.39. The quantitative estimate of drug-likeness (QED) is 0.0973. The van der Waals surface area contributed by atoms with Gasteiger partial charge < -0.3 is 9.80 Å². The monoisotopic (exact) mass is 688 g/mol. The van der Waals surface area contributed by atoms with Crippen LogP contribution in [0.4, 0.5) is 22.7 Å². The smallest absolute Gasteiger partial charge is 0.138 e. The van der Waals surface area contributed by atoms with E-state index < -0.39 is 0 Å². The van der Waals surface area contributed by atoms with Gasteiger partial charge in [0.15, 0.2) is 0 Å². The lowest BCUT2D eigenvalue weighted by Crippen LogP contribution is -2.28. The zero-order chi connectivity index (χ0) is 36.7. The molecule has 0 amide bonds. The van der Waals surface area contributed by atoms with E-state index in [4.69, 9.17) is 0 Å². The van der Waals surface area contributed by atoms with Gasteiger partial charge in [0, 0.05) is 69.2 Å². The number of hydrogen-bond acceptors (Lipinski definition) is 6. The topological polar surface area (TPSA) is 102 Å². The molecule has 0 atom stereocenters. The van der Waals surface area contributed by atoms with E-state index >= 15 is 0 Å². The van der Waals surface area contributed by atoms with Crippen LogP contribution < -0.4 is 9.80 Å². The fourth-order valence-electron chi connectivity index (χ4n) is 7.92. The zero-order valence-corrected chi connectivity index (χ0v) is 31.2. The molecule has 0 fully saturated rings. The van der Waals surface area contributed by atoms with Crippen LogP contribution in [0.3, 0.4) is 0 Å².